The standard InChI is InChI=1S/C38H41F3N4O4/c1-2-25-28(39)5-4-23-16-24(46)17-26(30(23)25)31-29(40)18-27-33(32(31)41)42-35(43-34(27)45-12-3-6-37(21-45)11-14-48-37)47-22-36(7-8-36)19-44-13-15-49-38(20-44)9-10-38/h4-5,16-18,46H,2-3,6-15,19-22H2,1H3. The summed E-state index contributed by atoms with van der Waals surface area (Å²) in [5, 5.41) is 11.7. The molecule has 2 aliphatic carbocycles. The fourth-order valence-corrected chi connectivity index (χ4v) is 8.46. The van der Waals surface area contributed by atoms with Gasteiger partial charge in [-0.1, -0.05) is 13.0 Å². The molecular formula is C38H41F3N4O4. The lowest BCUT2D eigenvalue weighted by molar-refractivity contribution is -0.151. The Hall–Kier alpha value is -3.67. The minimum absolute atomic E-state index is 0.0333. The molecule has 8 nitrogen and oxygen atoms in total. The molecule has 2 saturated carbocycles. The third-order valence-corrected chi connectivity index (χ3v) is 11.6. The molecule has 4 aromatic rings. The molecule has 5 fully saturated rings. The molecule has 5 aliphatic rings. The van der Waals surface area contributed by atoms with Crippen molar-refractivity contribution in [2.24, 2.45) is 5.41 Å². The van der Waals surface area contributed by atoms with Crippen molar-refractivity contribution in [3.63, 3.8) is 0 Å². The first-order valence-corrected chi connectivity index (χ1v) is 17.7. The molecule has 1 N–H and O–H groups in total. The minimum Gasteiger partial charge on any atom is -0.508 e. The Balaban J connectivity index is 1.13. The van der Waals surface area contributed by atoms with Crippen molar-refractivity contribution >= 4 is 27.5 Å². The summed E-state index contributed by atoms with van der Waals surface area (Å²) in [4.78, 5) is 13.9. The number of ether oxygens (including phenoxy) is 3. The molecule has 3 saturated heterocycles. The van der Waals surface area contributed by atoms with Crippen LogP contribution in [-0.4, -0.2) is 83.7 Å². The van der Waals surface area contributed by atoms with Crippen LogP contribution in [0.5, 0.6) is 11.8 Å². The Morgan fingerprint density at radius 1 is 0.898 bits per heavy atom. The number of halogens is 3. The second kappa shape index (κ2) is 11.4. The molecule has 0 amide bonds. The molecule has 258 valence electrons. The summed E-state index contributed by atoms with van der Waals surface area (Å²) in [7, 11) is 0. The topological polar surface area (TPSA) is 80.2 Å². The van der Waals surface area contributed by atoms with Crippen LogP contribution in [0.4, 0.5) is 19.0 Å². The number of benzene rings is 3. The van der Waals surface area contributed by atoms with E-state index < -0.39 is 17.5 Å². The number of hydrogen-bond donors (Lipinski definition) is 1. The van der Waals surface area contributed by atoms with E-state index in [1.165, 1.54) is 30.3 Å². The van der Waals surface area contributed by atoms with E-state index >= 15 is 13.2 Å². The Morgan fingerprint density at radius 3 is 2.43 bits per heavy atom. The van der Waals surface area contributed by atoms with Gasteiger partial charge in [-0.05, 0) is 91.1 Å². The molecule has 1 unspecified atom stereocenters. The van der Waals surface area contributed by atoms with Crippen LogP contribution < -0.4 is 9.64 Å². The molecule has 1 aromatic heterocycles. The molecule has 9 rings (SSSR count). The average molecular weight is 675 g/mol. The minimum atomic E-state index is -0.905. The SMILES string of the molecule is CCc1c(F)ccc2cc(O)cc(-c3c(F)cc4c(N5CCCC6(CCO6)C5)nc(OCC5(CN6CCOC7(CC7)C6)CC5)nc4c3F)c12. The predicted octanol–water partition coefficient (Wildman–Crippen LogP) is 6.92. The zero-order chi connectivity index (χ0) is 33.5. The summed E-state index contributed by atoms with van der Waals surface area (Å²) in [5.41, 5.74) is -0.344. The largest absolute Gasteiger partial charge is 0.508 e. The van der Waals surface area contributed by atoms with Crippen LogP contribution in [0, 0.1) is 22.9 Å². The van der Waals surface area contributed by atoms with E-state index in [0.717, 1.165) is 71.2 Å². The van der Waals surface area contributed by atoms with Crippen molar-refractivity contribution in [3.05, 3.63) is 53.3 Å². The van der Waals surface area contributed by atoms with Crippen LogP contribution in [0.3, 0.4) is 0 Å². The number of fused-ring (bicyclic) bond motifs is 2. The molecule has 3 aromatic carbocycles. The first kappa shape index (κ1) is 31.3. The number of aromatic nitrogens is 2. The maximum atomic E-state index is 17.0. The maximum absolute atomic E-state index is 17.0. The van der Waals surface area contributed by atoms with Crippen LogP contribution in [0.1, 0.15) is 57.4 Å². The monoisotopic (exact) mass is 674 g/mol. The van der Waals surface area contributed by atoms with Gasteiger partial charge in [-0.25, -0.2) is 13.2 Å². The predicted molar refractivity (Wildman–Crippen MR) is 180 cm³/mol. The summed E-state index contributed by atoms with van der Waals surface area (Å²) < 4.78 is 66.8. The van der Waals surface area contributed by atoms with Gasteiger partial charge < -0.3 is 24.2 Å². The number of anilines is 1. The number of nitrogens with zero attached hydrogens (tertiary/aromatic N) is 4. The third-order valence-electron chi connectivity index (χ3n) is 11.6. The summed E-state index contributed by atoms with van der Waals surface area (Å²) in [6.45, 7) is 7.57. The fourth-order valence-electron chi connectivity index (χ4n) is 8.46. The number of rotatable bonds is 8. The molecule has 49 heavy (non-hydrogen) atoms. The van der Waals surface area contributed by atoms with Crippen molar-refractivity contribution in [1.82, 2.24) is 14.9 Å². The van der Waals surface area contributed by atoms with E-state index in [4.69, 9.17) is 19.2 Å². The van der Waals surface area contributed by atoms with E-state index in [9.17, 15) is 5.11 Å². The van der Waals surface area contributed by atoms with Gasteiger partial charge in [-0.2, -0.15) is 9.97 Å². The molecule has 2 spiro atoms. The van der Waals surface area contributed by atoms with Crippen molar-refractivity contribution in [2.75, 3.05) is 57.4 Å². The van der Waals surface area contributed by atoms with Gasteiger partial charge in [0.15, 0.2) is 5.82 Å². The lowest BCUT2D eigenvalue weighted by Gasteiger charge is -2.48. The maximum Gasteiger partial charge on any atom is 0.319 e. The normalized spacial score (nSPS) is 24.1. The van der Waals surface area contributed by atoms with Gasteiger partial charge in [-0.15, -0.1) is 0 Å². The summed E-state index contributed by atoms with van der Waals surface area (Å²) in [5.74, 6) is -1.99. The number of phenols is 1. The fraction of sp³-hybridized carbons (Fsp3) is 0.526. The Kier molecular flexibility index (Phi) is 7.31. The van der Waals surface area contributed by atoms with Gasteiger partial charge in [0.25, 0.3) is 0 Å². The first-order chi connectivity index (χ1) is 23.7. The lowest BCUT2D eigenvalue weighted by Crippen LogP contribution is -2.56. The smallest absolute Gasteiger partial charge is 0.319 e. The molecule has 4 heterocycles. The van der Waals surface area contributed by atoms with Gasteiger partial charge in [0, 0.05) is 49.9 Å². The van der Waals surface area contributed by atoms with Gasteiger partial charge in [0.05, 0.1) is 36.6 Å². The molecule has 1 atom stereocenters. The molecule has 0 radical (unpaired) electrons. The Bertz CT molecular complexity index is 1980. The van der Waals surface area contributed by atoms with Gasteiger partial charge in [0.1, 0.15) is 28.7 Å². The van der Waals surface area contributed by atoms with Gasteiger partial charge in [-0.3, -0.25) is 4.90 Å². The number of aromatic hydroxyl groups is 1. The van der Waals surface area contributed by atoms with E-state index in [0.29, 0.717) is 54.9 Å². The molecule has 0 bridgehead atoms. The highest BCUT2D eigenvalue weighted by atomic mass is 19.1. The van der Waals surface area contributed by atoms with Crippen LogP contribution >= 0.6 is 0 Å². The highest BCUT2D eigenvalue weighted by molar-refractivity contribution is 6.03. The second-order valence-electron chi connectivity index (χ2n) is 15.1. The molecule has 3 aliphatic heterocycles. The van der Waals surface area contributed by atoms with Crippen molar-refractivity contribution in [1.29, 1.82) is 0 Å². The van der Waals surface area contributed by atoms with Gasteiger partial charge >= 0.3 is 6.01 Å². The molecular weight excluding hydrogens is 633 g/mol. The van der Waals surface area contributed by atoms with Crippen LogP contribution in [-0.2, 0) is 15.9 Å². The van der Waals surface area contributed by atoms with Crippen molar-refractivity contribution < 1.29 is 32.5 Å². The zero-order valence-corrected chi connectivity index (χ0v) is 27.8. The zero-order valence-electron chi connectivity index (χ0n) is 27.8. The summed E-state index contributed by atoms with van der Waals surface area (Å²) in [6, 6.07) is 6.91. The molecule has 11 heteroatoms. The number of morpholine rings is 1. The van der Waals surface area contributed by atoms with E-state index in [2.05, 4.69) is 9.88 Å². The van der Waals surface area contributed by atoms with E-state index in [-0.39, 0.29) is 50.4 Å². The van der Waals surface area contributed by atoms with Crippen LogP contribution in [0.2, 0.25) is 0 Å². The highest BCUT2D eigenvalue weighted by Gasteiger charge is 2.51. The van der Waals surface area contributed by atoms with Crippen LogP contribution in [0.25, 0.3) is 32.8 Å². The van der Waals surface area contributed by atoms with Crippen LogP contribution in [0.15, 0.2) is 30.3 Å². The average Bonchev–Trinajstić information content (AvgIpc) is 4.01. The highest BCUT2D eigenvalue weighted by Crippen LogP contribution is 2.49. The summed E-state index contributed by atoms with van der Waals surface area (Å²) >= 11 is 0. The first-order valence-electron chi connectivity index (χ1n) is 17.7. The number of phenolic OH excluding ortho intramolecular Hbond substituents is 1. The number of hydrogen-bond acceptors (Lipinski definition) is 8. The second-order valence-corrected chi connectivity index (χ2v) is 15.1. The lowest BCUT2D eigenvalue weighted by atomic mass is 9.85. The van der Waals surface area contributed by atoms with E-state index in [1.54, 1.807) is 6.92 Å². The Morgan fingerprint density at radius 2 is 1.69 bits per heavy atom. The number of piperidine rings is 1. The Labute approximate surface area is 283 Å². The number of aryl methyl sites for hydroxylation is 1. The van der Waals surface area contributed by atoms with Crippen molar-refractivity contribution in [2.45, 2.75) is 69.5 Å². The van der Waals surface area contributed by atoms with Crippen molar-refractivity contribution in [3.8, 4) is 22.9 Å². The summed E-state index contributed by atoms with van der Waals surface area (Å²) in [6.07, 6.45) is 7.28. The van der Waals surface area contributed by atoms with E-state index in [1.807, 2.05) is 4.90 Å². The quantitative estimate of drug-likeness (QED) is 0.216. The third kappa shape index (κ3) is 5.49. The van der Waals surface area contributed by atoms with Gasteiger partial charge in [0.2, 0.25) is 0 Å².